The number of nitrogen functional groups attached to an aromatic ring is 1. The van der Waals surface area contributed by atoms with Crippen molar-refractivity contribution in [2.75, 3.05) is 11.3 Å². The molecule has 0 saturated carbocycles. The van der Waals surface area contributed by atoms with Crippen LogP contribution < -0.4 is 11.3 Å². The minimum atomic E-state index is -0.638. The van der Waals surface area contributed by atoms with Crippen molar-refractivity contribution in [3.05, 3.63) is 34.3 Å². The lowest BCUT2D eigenvalue weighted by Crippen LogP contribution is -2.10. The van der Waals surface area contributed by atoms with Gasteiger partial charge in [0.1, 0.15) is 11.3 Å². The van der Waals surface area contributed by atoms with Gasteiger partial charge in [0.25, 0.3) is 5.95 Å². The van der Waals surface area contributed by atoms with Crippen LogP contribution in [0.1, 0.15) is 5.76 Å². The molecule has 2 aromatic rings. The lowest BCUT2D eigenvalue weighted by atomic mass is 10.5. The number of anilines is 1. The van der Waals surface area contributed by atoms with E-state index in [0.717, 1.165) is 4.68 Å². The Morgan fingerprint density at radius 2 is 2.47 bits per heavy atom. The SMILES string of the molecule is Nn1cnnc1N/N=C/c1ccc([N+](=O)[O-])o1. The normalized spacial score (nSPS) is 10.8. The van der Waals surface area contributed by atoms with Crippen molar-refractivity contribution >= 4 is 18.0 Å². The molecule has 2 heterocycles. The van der Waals surface area contributed by atoms with E-state index in [1.165, 1.54) is 24.7 Å². The largest absolute Gasteiger partial charge is 0.433 e. The molecule has 0 radical (unpaired) electrons. The van der Waals surface area contributed by atoms with E-state index in [0.29, 0.717) is 0 Å². The van der Waals surface area contributed by atoms with Crippen LogP contribution in [0.15, 0.2) is 28.0 Å². The fourth-order valence-electron chi connectivity index (χ4n) is 0.986. The molecule has 3 N–H and O–H groups in total. The molecule has 0 atom stereocenters. The van der Waals surface area contributed by atoms with Crippen LogP contribution in [0.5, 0.6) is 0 Å². The van der Waals surface area contributed by atoms with E-state index < -0.39 is 4.92 Å². The van der Waals surface area contributed by atoms with Crippen molar-refractivity contribution < 1.29 is 9.34 Å². The van der Waals surface area contributed by atoms with E-state index in [4.69, 9.17) is 10.3 Å². The first kappa shape index (κ1) is 10.6. The summed E-state index contributed by atoms with van der Waals surface area (Å²) in [6.45, 7) is 0. The van der Waals surface area contributed by atoms with Gasteiger partial charge in [0.05, 0.1) is 12.3 Å². The number of hydrogen-bond acceptors (Lipinski definition) is 8. The van der Waals surface area contributed by atoms with Gasteiger partial charge in [0, 0.05) is 0 Å². The average Bonchev–Trinajstić information content (AvgIpc) is 2.89. The molecule has 17 heavy (non-hydrogen) atoms. The number of nitro groups is 1. The number of aromatic nitrogens is 3. The highest BCUT2D eigenvalue weighted by atomic mass is 16.6. The lowest BCUT2D eigenvalue weighted by molar-refractivity contribution is -0.402. The Morgan fingerprint density at radius 3 is 3.06 bits per heavy atom. The summed E-state index contributed by atoms with van der Waals surface area (Å²) in [4.78, 5) is 9.70. The maximum Gasteiger partial charge on any atom is 0.433 e. The zero-order chi connectivity index (χ0) is 12.3. The van der Waals surface area contributed by atoms with Gasteiger partial charge in [-0.2, -0.15) is 5.10 Å². The highest BCUT2D eigenvalue weighted by Crippen LogP contribution is 2.13. The fraction of sp³-hybridized carbons (Fsp3) is 0. The van der Waals surface area contributed by atoms with Crippen LogP contribution in [0.25, 0.3) is 0 Å². The summed E-state index contributed by atoms with van der Waals surface area (Å²) in [6, 6.07) is 2.64. The van der Waals surface area contributed by atoms with E-state index in [1.54, 1.807) is 0 Å². The van der Waals surface area contributed by atoms with Gasteiger partial charge in [-0.3, -0.25) is 10.1 Å². The van der Waals surface area contributed by atoms with Crippen LogP contribution in [0.2, 0.25) is 0 Å². The van der Waals surface area contributed by atoms with Crippen molar-refractivity contribution in [2.45, 2.75) is 0 Å². The van der Waals surface area contributed by atoms with E-state index in [1.807, 2.05) is 0 Å². The second-order valence-corrected chi connectivity index (χ2v) is 2.86. The zero-order valence-electron chi connectivity index (χ0n) is 8.35. The summed E-state index contributed by atoms with van der Waals surface area (Å²) < 4.78 is 5.96. The van der Waals surface area contributed by atoms with Crippen LogP contribution in [0.4, 0.5) is 11.8 Å². The molecule has 0 aliphatic rings. The molecule has 0 aliphatic heterocycles. The van der Waals surface area contributed by atoms with Crippen molar-refractivity contribution in [1.29, 1.82) is 0 Å². The van der Waals surface area contributed by atoms with Crippen molar-refractivity contribution in [3.8, 4) is 0 Å². The summed E-state index contributed by atoms with van der Waals surface area (Å²) in [5, 5.41) is 21.2. The number of nitrogens with two attached hydrogens (primary N) is 1. The van der Waals surface area contributed by atoms with Crippen LogP contribution in [-0.4, -0.2) is 26.0 Å². The second-order valence-electron chi connectivity index (χ2n) is 2.86. The standard InChI is InChI=1S/C7H7N7O3/c8-13-4-10-12-7(13)11-9-3-5-1-2-6(17-5)14(15)16/h1-4H,8H2,(H,11,12)/b9-3+. The predicted molar refractivity (Wildman–Crippen MR) is 56.8 cm³/mol. The van der Waals surface area contributed by atoms with Gasteiger partial charge >= 0.3 is 5.88 Å². The van der Waals surface area contributed by atoms with E-state index in [-0.39, 0.29) is 17.6 Å². The number of nitrogens with zero attached hydrogens (tertiary/aromatic N) is 5. The van der Waals surface area contributed by atoms with Crippen molar-refractivity contribution in [3.63, 3.8) is 0 Å². The van der Waals surface area contributed by atoms with Crippen LogP contribution in [0.3, 0.4) is 0 Å². The van der Waals surface area contributed by atoms with Crippen LogP contribution in [-0.2, 0) is 0 Å². The molecule has 0 unspecified atom stereocenters. The van der Waals surface area contributed by atoms with Gasteiger partial charge in [0.15, 0.2) is 5.76 Å². The summed E-state index contributed by atoms with van der Waals surface area (Å²) >= 11 is 0. The molecular formula is C7H7N7O3. The number of hydrazone groups is 1. The number of hydrogen-bond donors (Lipinski definition) is 2. The Labute approximate surface area is 93.9 Å². The minimum Gasteiger partial charge on any atom is -0.400 e. The Morgan fingerprint density at radius 1 is 1.65 bits per heavy atom. The quantitative estimate of drug-likeness (QED) is 0.328. The lowest BCUT2D eigenvalue weighted by Gasteiger charge is -1.95. The number of furan rings is 1. The summed E-state index contributed by atoms with van der Waals surface area (Å²) in [5.74, 6) is 5.51. The summed E-state index contributed by atoms with van der Waals surface area (Å²) in [6.07, 6.45) is 2.54. The molecule has 10 nitrogen and oxygen atoms in total. The third-order valence-corrected chi connectivity index (χ3v) is 1.72. The molecule has 10 heteroatoms. The Balaban J connectivity index is 2.01. The van der Waals surface area contributed by atoms with Crippen molar-refractivity contribution in [1.82, 2.24) is 14.9 Å². The molecular weight excluding hydrogens is 230 g/mol. The molecule has 0 fully saturated rings. The first-order valence-corrected chi connectivity index (χ1v) is 4.35. The summed E-state index contributed by atoms with van der Waals surface area (Å²) in [7, 11) is 0. The summed E-state index contributed by atoms with van der Waals surface area (Å²) in [5.41, 5.74) is 2.48. The molecule has 0 aromatic carbocycles. The topological polar surface area (TPSA) is 137 Å². The van der Waals surface area contributed by atoms with Crippen LogP contribution in [0, 0.1) is 10.1 Å². The van der Waals surface area contributed by atoms with Crippen LogP contribution >= 0.6 is 0 Å². The Kier molecular flexibility index (Phi) is 2.68. The first-order chi connectivity index (χ1) is 8.16. The second kappa shape index (κ2) is 4.30. The minimum absolute atomic E-state index is 0.224. The van der Waals surface area contributed by atoms with Gasteiger partial charge < -0.3 is 10.3 Å². The highest BCUT2D eigenvalue weighted by molar-refractivity contribution is 5.76. The van der Waals surface area contributed by atoms with E-state index in [9.17, 15) is 10.1 Å². The maximum absolute atomic E-state index is 10.3. The first-order valence-electron chi connectivity index (χ1n) is 4.35. The third-order valence-electron chi connectivity index (χ3n) is 1.72. The van der Waals surface area contributed by atoms with Gasteiger partial charge in [-0.1, -0.05) is 0 Å². The fourth-order valence-corrected chi connectivity index (χ4v) is 0.986. The number of rotatable bonds is 4. The van der Waals surface area contributed by atoms with Gasteiger partial charge in [-0.25, -0.2) is 10.1 Å². The molecule has 0 bridgehead atoms. The predicted octanol–water partition coefficient (Wildman–Crippen LogP) is -0.0609. The molecule has 2 rings (SSSR count). The highest BCUT2D eigenvalue weighted by Gasteiger charge is 2.10. The van der Waals surface area contributed by atoms with E-state index >= 15 is 0 Å². The van der Waals surface area contributed by atoms with E-state index in [2.05, 4.69) is 20.7 Å². The Bertz CT molecular complexity index is 557. The molecule has 0 saturated heterocycles. The molecule has 2 aromatic heterocycles. The van der Waals surface area contributed by atoms with Gasteiger partial charge in [-0.15, -0.1) is 10.2 Å². The van der Waals surface area contributed by atoms with Crippen molar-refractivity contribution in [2.24, 2.45) is 5.10 Å². The average molecular weight is 237 g/mol. The zero-order valence-corrected chi connectivity index (χ0v) is 8.35. The van der Waals surface area contributed by atoms with Gasteiger partial charge in [0.2, 0.25) is 0 Å². The monoisotopic (exact) mass is 237 g/mol. The number of nitrogens with one attached hydrogen (secondary N) is 1. The molecule has 0 amide bonds. The maximum atomic E-state index is 10.3. The van der Waals surface area contributed by atoms with Gasteiger partial charge in [-0.05, 0) is 6.07 Å². The molecule has 0 aliphatic carbocycles. The smallest absolute Gasteiger partial charge is 0.400 e. The molecule has 88 valence electrons. The molecule has 0 spiro atoms. The Hall–Kier alpha value is -2.91. The third kappa shape index (κ3) is 2.37.